The third kappa shape index (κ3) is 17.8. The van der Waals surface area contributed by atoms with Gasteiger partial charge in [-0.15, -0.1) is 0 Å². The van der Waals surface area contributed by atoms with E-state index in [4.69, 9.17) is 10.8 Å². The van der Waals surface area contributed by atoms with E-state index < -0.39 is 66.7 Å². The molecule has 1 aromatic carbocycles. The first-order chi connectivity index (χ1) is 24.0. The molecule has 0 aromatic heterocycles. The molecule has 3 atom stereocenters. The topological polar surface area (TPSA) is 225 Å². The summed E-state index contributed by atoms with van der Waals surface area (Å²) in [5.74, 6) is -5.16. The van der Waals surface area contributed by atoms with E-state index in [1.165, 1.54) is 24.2 Å². The minimum Gasteiger partial charge on any atom is -0.481 e. The number of piperidine rings is 1. The number of benzene rings is 1. The van der Waals surface area contributed by atoms with Crippen LogP contribution in [0.15, 0.2) is 30.3 Å². The lowest BCUT2D eigenvalue weighted by atomic mass is 10.0. The minimum atomic E-state index is -1.44. The first-order valence-electron chi connectivity index (χ1n) is 17.9. The van der Waals surface area contributed by atoms with Gasteiger partial charge in [-0.2, -0.15) is 0 Å². The highest BCUT2D eigenvalue weighted by atomic mass is 16.4. The molecule has 1 saturated heterocycles. The number of carboxylic acids is 2. The van der Waals surface area contributed by atoms with Crippen molar-refractivity contribution in [1.82, 2.24) is 20.9 Å². The number of primary amides is 1. The Morgan fingerprint density at radius 3 is 1.86 bits per heavy atom. The van der Waals surface area contributed by atoms with Gasteiger partial charge in [0.2, 0.25) is 29.5 Å². The molecular weight excluding hydrogens is 646 g/mol. The summed E-state index contributed by atoms with van der Waals surface area (Å²) in [5, 5.41) is 25.8. The predicted molar refractivity (Wildman–Crippen MR) is 185 cm³/mol. The Hall–Kier alpha value is -4.49. The summed E-state index contributed by atoms with van der Waals surface area (Å²) >= 11 is 0. The molecular formula is C36H55N5O9. The molecule has 1 unspecified atom stereocenters. The van der Waals surface area contributed by atoms with E-state index in [2.05, 4.69) is 16.0 Å². The number of carboxylic acid groups (broad SMARTS) is 2. The summed E-state index contributed by atoms with van der Waals surface area (Å²) in [7, 11) is 0. The van der Waals surface area contributed by atoms with Crippen molar-refractivity contribution in [2.24, 2.45) is 5.73 Å². The lowest BCUT2D eigenvalue weighted by Gasteiger charge is -2.32. The molecule has 0 saturated carbocycles. The third-order valence-electron chi connectivity index (χ3n) is 8.70. The van der Waals surface area contributed by atoms with Gasteiger partial charge >= 0.3 is 11.9 Å². The highest BCUT2D eigenvalue weighted by molar-refractivity contribution is 5.95. The number of unbranched alkanes of at least 4 members (excludes halogenated alkanes) is 11. The summed E-state index contributed by atoms with van der Waals surface area (Å²) < 4.78 is 0. The fourth-order valence-electron chi connectivity index (χ4n) is 5.97. The predicted octanol–water partition coefficient (Wildman–Crippen LogP) is 2.81. The zero-order chi connectivity index (χ0) is 36.7. The lowest BCUT2D eigenvalue weighted by molar-refractivity contribution is -0.143. The number of aliphatic carboxylic acids is 2. The van der Waals surface area contributed by atoms with E-state index in [9.17, 15) is 38.7 Å². The Morgan fingerprint density at radius 2 is 1.32 bits per heavy atom. The maximum atomic E-state index is 13.1. The van der Waals surface area contributed by atoms with Crippen molar-refractivity contribution < 1.29 is 43.8 Å². The van der Waals surface area contributed by atoms with Crippen LogP contribution >= 0.6 is 0 Å². The monoisotopic (exact) mass is 701 g/mol. The quantitative estimate of drug-likeness (QED) is 0.0780. The van der Waals surface area contributed by atoms with Gasteiger partial charge in [0.05, 0.1) is 13.0 Å². The second-order valence-corrected chi connectivity index (χ2v) is 13.0. The van der Waals surface area contributed by atoms with E-state index in [-0.39, 0.29) is 25.3 Å². The molecule has 278 valence electrons. The SMILES string of the molecule is NC(=O)C[C@H](NC(=O)CN1CCCC(NC(=O)CCCCCCCCCCCCCCC(=O)O)C1=O)C(=O)N[C@@H](Cc1ccccc1)C(=O)O. The third-order valence-corrected chi connectivity index (χ3v) is 8.70. The number of hydrogen-bond donors (Lipinski definition) is 6. The average Bonchev–Trinajstić information content (AvgIpc) is 3.06. The Morgan fingerprint density at radius 1 is 0.760 bits per heavy atom. The maximum absolute atomic E-state index is 13.1. The minimum absolute atomic E-state index is 0.0175. The molecule has 0 spiro atoms. The first-order valence-corrected chi connectivity index (χ1v) is 17.9. The molecule has 14 heteroatoms. The summed E-state index contributed by atoms with van der Waals surface area (Å²) in [6.45, 7) is -0.136. The van der Waals surface area contributed by atoms with Crippen molar-refractivity contribution in [3.8, 4) is 0 Å². The van der Waals surface area contributed by atoms with Crippen LogP contribution in [0.2, 0.25) is 0 Å². The summed E-state index contributed by atoms with van der Waals surface area (Å²) in [5.41, 5.74) is 5.96. The van der Waals surface area contributed by atoms with Gasteiger partial charge in [-0.05, 0) is 31.2 Å². The zero-order valence-electron chi connectivity index (χ0n) is 29.0. The Labute approximate surface area is 294 Å². The molecule has 2 rings (SSSR count). The normalized spacial score (nSPS) is 15.5. The van der Waals surface area contributed by atoms with Crippen molar-refractivity contribution in [3.63, 3.8) is 0 Å². The highest BCUT2D eigenvalue weighted by Gasteiger charge is 2.33. The number of rotatable bonds is 26. The maximum Gasteiger partial charge on any atom is 0.326 e. The highest BCUT2D eigenvalue weighted by Crippen LogP contribution is 2.15. The smallest absolute Gasteiger partial charge is 0.326 e. The van der Waals surface area contributed by atoms with Crippen LogP contribution in [0.25, 0.3) is 0 Å². The Bertz CT molecular complexity index is 1260. The number of nitrogens with two attached hydrogens (primary N) is 1. The molecule has 1 aliphatic heterocycles. The molecule has 50 heavy (non-hydrogen) atoms. The van der Waals surface area contributed by atoms with Crippen LogP contribution in [0.1, 0.15) is 115 Å². The molecule has 5 amide bonds. The van der Waals surface area contributed by atoms with E-state index in [0.717, 1.165) is 51.4 Å². The standard InChI is InChI=1S/C36H55N5O9/c37-30(42)24-28(34(47)40-29(36(49)50)23-26-17-12-11-13-18-26)39-32(44)25-41-22-16-19-27(35(41)48)38-31(43)20-14-9-7-5-3-1-2-4-6-8-10-15-21-33(45)46/h11-13,17-18,27-29H,1-10,14-16,19-25H2,(H2,37,42)(H,38,43)(H,39,44)(H,40,47)(H,45,46)(H,49,50)/t27?,28-,29-/m0/s1. The molecule has 14 nitrogen and oxygen atoms in total. The number of nitrogens with zero attached hydrogens (tertiary/aromatic N) is 1. The molecule has 1 fully saturated rings. The number of carbonyl (C=O) groups excluding carboxylic acids is 5. The van der Waals surface area contributed by atoms with E-state index >= 15 is 0 Å². The van der Waals surface area contributed by atoms with Gasteiger partial charge in [-0.25, -0.2) is 4.79 Å². The second-order valence-electron chi connectivity index (χ2n) is 13.0. The average molecular weight is 702 g/mol. The summed E-state index contributed by atoms with van der Waals surface area (Å²) in [6.07, 6.45) is 13.4. The van der Waals surface area contributed by atoms with Gasteiger partial charge in [0.1, 0.15) is 18.1 Å². The number of nitrogens with one attached hydrogen (secondary N) is 3. The van der Waals surface area contributed by atoms with E-state index in [0.29, 0.717) is 31.2 Å². The summed E-state index contributed by atoms with van der Waals surface area (Å²) in [4.78, 5) is 86.8. The van der Waals surface area contributed by atoms with Gasteiger partial charge in [-0.3, -0.25) is 28.8 Å². The number of amides is 5. The zero-order valence-corrected chi connectivity index (χ0v) is 29.0. The molecule has 1 aromatic rings. The van der Waals surface area contributed by atoms with Crippen LogP contribution in [0.5, 0.6) is 0 Å². The molecule has 1 heterocycles. The van der Waals surface area contributed by atoms with Crippen LogP contribution in [-0.2, 0) is 40.0 Å². The van der Waals surface area contributed by atoms with Crippen molar-refractivity contribution in [1.29, 1.82) is 0 Å². The first kappa shape index (κ1) is 41.7. The van der Waals surface area contributed by atoms with Gasteiger partial charge in [0.25, 0.3) is 0 Å². The van der Waals surface area contributed by atoms with Gasteiger partial charge in [-0.1, -0.05) is 94.5 Å². The van der Waals surface area contributed by atoms with Crippen LogP contribution in [0, 0.1) is 0 Å². The Balaban J connectivity index is 1.69. The van der Waals surface area contributed by atoms with Crippen LogP contribution in [-0.4, -0.2) is 87.8 Å². The molecule has 0 radical (unpaired) electrons. The van der Waals surface area contributed by atoms with Crippen molar-refractivity contribution in [2.75, 3.05) is 13.1 Å². The van der Waals surface area contributed by atoms with Gasteiger partial charge in [0, 0.05) is 25.8 Å². The second kappa shape index (κ2) is 23.8. The fourth-order valence-corrected chi connectivity index (χ4v) is 5.97. The number of likely N-dealkylation sites (tertiary alicyclic amines) is 1. The molecule has 0 aliphatic carbocycles. The van der Waals surface area contributed by atoms with Crippen molar-refractivity contribution >= 4 is 41.5 Å². The van der Waals surface area contributed by atoms with Crippen LogP contribution in [0.3, 0.4) is 0 Å². The van der Waals surface area contributed by atoms with Crippen LogP contribution < -0.4 is 21.7 Å². The number of hydrogen-bond acceptors (Lipinski definition) is 7. The van der Waals surface area contributed by atoms with E-state index in [1.54, 1.807) is 30.3 Å². The van der Waals surface area contributed by atoms with Crippen molar-refractivity contribution in [2.45, 2.75) is 134 Å². The fraction of sp³-hybridized carbons (Fsp3) is 0.639. The van der Waals surface area contributed by atoms with E-state index in [1.807, 2.05) is 0 Å². The summed E-state index contributed by atoms with van der Waals surface area (Å²) in [6, 6.07) is 5.13. The largest absolute Gasteiger partial charge is 0.481 e. The van der Waals surface area contributed by atoms with Gasteiger partial charge in [0.15, 0.2) is 0 Å². The molecule has 0 bridgehead atoms. The van der Waals surface area contributed by atoms with Crippen molar-refractivity contribution in [3.05, 3.63) is 35.9 Å². The molecule has 1 aliphatic rings. The lowest BCUT2D eigenvalue weighted by Crippen LogP contribution is -2.57. The molecule has 7 N–H and O–H groups in total. The Kier molecular flexibility index (Phi) is 19.8. The van der Waals surface area contributed by atoms with Crippen LogP contribution in [0.4, 0.5) is 0 Å². The van der Waals surface area contributed by atoms with Gasteiger partial charge < -0.3 is 36.8 Å². The number of carbonyl (C=O) groups is 7.